The van der Waals surface area contributed by atoms with Crippen LogP contribution in [0.4, 0.5) is 24.5 Å². The van der Waals surface area contributed by atoms with E-state index in [9.17, 15) is 26.4 Å². The Morgan fingerprint density at radius 2 is 1.55 bits per heavy atom. The fourth-order valence-corrected chi connectivity index (χ4v) is 7.59. The third-order valence-corrected chi connectivity index (χ3v) is 10.9. The quantitative estimate of drug-likeness (QED) is 0.0472. The van der Waals surface area contributed by atoms with Gasteiger partial charge in [0.25, 0.3) is 15.9 Å². The molecule has 53 heavy (non-hydrogen) atoms. The summed E-state index contributed by atoms with van der Waals surface area (Å²) in [5.74, 6) is -0.546. The highest BCUT2D eigenvalue weighted by Gasteiger charge is 2.36. The summed E-state index contributed by atoms with van der Waals surface area (Å²) in [5.41, 5.74) is 8.30. The third-order valence-electron chi connectivity index (χ3n) is 8.17. The fraction of sp³-hybridized carbons (Fsp3) is 0.205. The molecule has 0 radical (unpaired) electrons. The summed E-state index contributed by atoms with van der Waals surface area (Å²) in [6, 6.07) is 33.5. The molecule has 0 heterocycles. The van der Waals surface area contributed by atoms with Gasteiger partial charge in [0.2, 0.25) is 0 Å². The zero-order valence-corrected chi connectivity index (χ0v) is 30.9. The van der Waals surface area contributed by atoms with Crippen LogP contribution in [0, 0.1) is 0 Å². The lowest BCUT2D eigenvalue weighted by molar-refractivity contribution is -0.137. The topological polar surface area (TPSA) is 125 Å². The number of sulfonamides is 1. The molecule has 0 aliphatic carbocycles. The first kappa shape index (κ1) is 39.7. The molecule has 0 aliphatic rings. The highest BCUT2D eigenvalue weighted by atomic mass is 35.5. The number of nitrogens with two attached hydrogens (primary N) is 1. The molecule has 5 aromatic carbocycles. The Morgan fingerprint density at radius 3 is 2.25 bits per heavy atom. The fourth-order valence-electron chi connectivity index (χ4n) is 5.47. The number of amides is 1. The first-order chi connectivity index (χ1) is 25.4. The van der Waals surface area contributed by atoms with Crippen LogP contribution in [0.1, 0.15) is 27.9 Å². The Labute approximate surface area is 316 Å². The molecule has 0 aromatic heterocycles. The zero-order chi connectivity index (χ0) is 37.8. The van der Waals surface area contributed by atoms with Gasteiger partial charge < -0.3 is 21.7 Å². The maximum absolute atomic E-state index is 14.2. The molecule has 1 atom stereocenters. The molecule has 0 spiro atoms. The van der Waals surface area contributed by atoms with Gasteiger partial charge in [-0.3, -0.25) is 4.79 Å². The molecule has 0 unspecified atom stereocenters. The van der Waals surface area contributed by atoms with Gasteiger partial charge in [-0.25, -0.2) is 13.1 Å². The van der Waals surface area contributed by atoms with Crippen molar-refractivity contribution in [1.82, 2.24) is 10.0 Å². The number of hydrogen-bond acceptors (Lipinski definition) is 8. The van der Waals surface area contributed by atoms with Gasteiger partial charge in [0.05, 0.1) is 10.5 Å². The number of halogens is 4. The van der Waals surface area contributed by atoms with Crippen LogP contribution in [0.25, 0.3) is 11.1 Å². The summed E-state index contributed by atoms with van der Waals surface area (Å²) in [6.07, 6.45) is -4.49. The molecule has 0 fully saturated rings. The van der Waals surface area contributed by atoms with Crippen LogP contribution < -0.4 is 26.4 Å². The van der Waals surface area contributed by atoms with Crippen molar-refractivity contribution in [2.75, 3.05) is 36.0 Å². The van der Waals surface area contributed by atoms with Crippen LogP contribution in [0.3, 0.4) is 0 Å². The molecule has 0 saturated heterocycles. The molecular formula is C39H39ClF3N5O3S2. The molecule has 8 nitrogen and oxygen atoms in total. The summed E-state index contributed by atoms with van der Waals surface area (Å²) in [4.78, 5) is 13.2. The molecule has 1 amide bonds. The Balaban J connectivity index is 1.15. The Hall–Kier alpha value is -4.53. The second-order valence-corrected chi connectivity index (χ2v) is 15.2. The van der Waals surface area contributed by atoms with Crippen molar-refractivity contribution in [3.63, 3.8) is 0 Å². The van der Waals surface area contributed by atoms with E-state index in [0.29, 0.717) is 48.6 Å². The van der Waals surface area contributed by atoms with Gasteiger partial charge in [-0.15, -0.1) is 11.8 Å². The Bertz CT molecular complexity index is 2070. The average molecular weight is 782 g/mol. The van der Waals surface area contributed by atoms with Crippen LogP contribution in [-0.2, 0) is 22.7 Å². The van der Waals surface area contributed by atoms with Gasteiger partial charge in [0.1, 0.15) is 0 Å². The van der Waals surface area contributed by atoms with Gasteiger partial charge >= 0.3 is 6.18 Å². The molecule has 6 N–H and O–H groups in total. The van der Waals surface area contributed by atoms with Gasteiger partial charge in [-0.05, 0) is 96.4 Å². The number of anilines is 2. The predicted octanol–water partition coefficient (Wildman–Crippen LogP) is 8.27. The van der Waals surface area contributed by atoms with Crippen LogP contribution in [-0.4, -0.2) is 45.8 Å². The van der Waals surface area contributed by atoms with Crippen LogP contribution in [0.2, 0.25) is 5.02 Å². The normalized spacial score (nSPS) is 12.2. The number of benzene rings is 5. The third kappa shape index (κ3) is 11.5. The predicted molar refractivity (Wildman–Crippen MR) is 208 cm³/mol. The minimum Gasteiger partial charge on any atom is -0.384 e. The summed E-state index contributed by atoms with van der Waals surface area (Å²) >= 11 is 7.51. The van der Waals surface area contributed by atoms with Crippen molar-refractivity contribution in [2.24, 2.45) is 5.73 Å². The smallest absolute Gasteiger partial charge is 0.384 e. The highest BCUT2D eigenvalue weighted by molar-refractivity contribution is 7.99. The molecule has 0 saturated carbocycles. The Morgan fingerprint density at radius 1 is 0.849 bits per heavy atom. The second-order valence-electron chi connectivity index (χ2n) is 12.0. The summed E-state index contributed by atoms with van der Waals surface area (Å²) in [5, 5.41) is 10.2. The van der Waals surface area contributed by atoms with E-state index in [1.54, 1.807) is 12.1 Å². The minimum absolute atomic E-state index is 0.0194. The number of hydrogen-bond donors (Lipinski definition) is 5. The Kier molecular flexibility index (Phi) is 13.8. The van der Waals surface area contributed by atoms with Crippen molar-refractivity contribution < 1.29 is 26.4 Å². The number of carbonyl (C=O) groups excluding carboxylic acids is 1. The monoisotopic (exact) mass is 781 g/mol. The lowest BCUT2D eigenvalue weighted by Crippen LogP contribution is -2.31. The summed E-state index contributed by atoms with van der Waals surface area (Å²) < 4.78 is 70.7. The lowest BCUT2D eigenvalue weighted by atomic mass is 10.00. The number of alkyl halides is 3. The van der Waals surface area contributed by atoms with Gasteiger partial charge in [0.15, 0.2) is 0 Å². The number of carbonyl (C=O) groups is 1. The minimum atomic E-state index is -4.88. The average Bonchev–Trinajstić information content (AvgIpc) is 3.14. The van der Waals surface area contributed by atoms with Crippen molar-refractivity contribution >= 4 is 50.7 Å². The molecule has 278 valence electrons. The van der Waals surface area contributed by atoms with E-state index in [2.05, 4.69) is 28.1 Å². The zero-order valence-electron chi connectivity index (χ0n) is 28.5. The van der Waals surface area contributed by atoms with Crippen LogP contribution in [0.15, 0.2) is 131 Å². The van der Waals surface area contributed by atoms with Crippen molar-refractivity contribution in [2.45, 2.75) is 35.0 Å². The lowest BCUT2D eigenvalue weighted by Gasteiger charge is -2.22. The van der Waals surface area contributed by atoms with E-state index >= 15 is 0 Å². The first-order valence-corrected chi connectivity index (χ1v) is 19.6. The maximum Gasteiger partial charge on any atom is 0.418 e. The summed E-state index contributed by atoms with van der Waals surface area (Å²) in [6.45, 7) is 2.07. The second kappa shape index (κ2) is 18.5. The van der Waals surface area contributed by atoms with Crippen molar-refractivity contribution in [1.29, 1.82) is 0 Å². The van der Waals surface area contributed by atoms with Gasteiger partial charge in [-0.1, -0.05) is 66.2 Å². The SMILES string of the molecule is NCC[C@H](CSc1ccccc1)Nc1ccc(S(=O)(=O)NC(=O)c2ccc(NCCNCc3ccccc3-c3ccc(Cl)cc3)cc2)cc1C(F)(F)F. The standard InChI is InChI=1S/C39H39ClF3N5O3S2/c40-30-14-10-27(11-15-30)35-9-5-4-6-29(35)25-45-22-23-46-31-16-12-28(13-17-31)38(49)48-53(50,51)34-18-19-37(36(24-34)39(41,42)43)47-32(20-21-44)26-52-33-7-2-1-3-8-33/h1-19,24,32,45-47H,20-23,25-26,44H2,(H,48,49)/t32-/m1/s1. The molecule has 0 aliphatic heterocycles. The highest BCUT2D eigenvalue weighted by Crippen LogP contribution is 2.37. The molecule has 0 bridgehead atoms. The van der Waals surface area contributed by atoms with Crippen molar-refractivity contribution in [3.05, 3.63) is 143 Å². The number of nitrogens with one attached hydrogen (secondary N) is 4. The number of rotatable bonds is 17. The molecule has 5 rings (SSSR count). The molecule has 14 heteroatoms. The van der Waals surface area contributed by atoms with Crippen LogP contribution >= 0.6 is 23.4 Å². The van der Waals surface area contributed by atoms with E-state index in [0.717, 1.165) is 33.7 Å². The van der Waals surface area contributed by atoms with Crippen LogP contribution in [0.5, 0.6) is 0 Å². The van der Waals surface area contributed by atoms with E-state index in [4.69, 9.17) is 17.3 Å². The maximum atomic E-state index is 14.2. The van der Waals surface area contributed by atoms with E-state index < -0.39 is 38.6 Å². The molecular weight excluding hydrogens is 743 g/mol. The van der Waals surface area contributed by atoms with Gasteiger partial charge in [0, 0.05) is 58.3 Å². The van der Waals surface area contributed by atoms with E-state index in [1.807, 2.05) is 71.5 Å². The number of thioether (sulfide) groups is 1. The largest absolute Gasteiger partial charge is 0.418 e. The van der Waals surface area contributed by atoms with E-state index in [-0.39, 0.29) is 17.8 Å². The van der Waals surface area contributed by atoms with Gasteiger partial charge in [-0.2, -0.15) is 13.2 Å². The van der Waals surface area contributed by atoms with E-state index in [1.165, 1.54) is 23.9 Å². The molecule has 5 aromatic rings. The summed E-state index contributed by atoms with van der Waals surface area (Å²) in [7, 11) is -4.65. The van der Waals surface area contributed by atoms with Crippen molar-refractivity contribution in [3.8, 4) is 11.1 Å². The first-order valence-electron chi connectivity index (χ1n) is 16.7.